The number of rotatable bonds is 14. The molecule has 0 heterocycles. The molecule has 0 rings (SSSR count). The van der Waals surface area contributed by atoms with Crippen molar-refractivity contribution >= 4 is 5.97 Å². The van der Waals surface area contributed by atoms with Crippen molar-refractivity contribution in [1.29, 1.82) is 0 Å². The summed E-state index contributed by atoms with van der Waals surface area (Å²) in [5.74, 6) is -0.269. The van der Waals surface area contributed by atoms with Crippen LogP contribution in [0.4, 0.5) is 0 Å². The third kappa shape index (κ3) is 12.3. The molecular formula is C18H34O2. The van der Waals surface area contributed by atoms with Crippen molar-refractivity contribution in [2.75, 3.05) is 0 Å². The molecule has 1 unspecified atom stereocenters. The number of hydrogen-bond acceptors (Lipinski definition) is 2. The third-order valence-corrected chi connectivity index (χ3v) is 3.71. The highest BCUT2D eigenvalue weighted by Gasteiger charge is 2.11. The van der Waals surface area contributed by atoms with Crippen LogP contribution in [0.15, 0.2) is 12.7 Å². The van der Waals surface area contributed by atoms with Gasteiger partial charge in [0.05, 0.1) is 0 Å². The van der Waals surface area contributed by atoms with E-state index in [2.05, 4.69) is 20.4 Å². The number of esters is 1. The second-order valence-corrected chi connectivity index (χ2v) is 5.67. The van der Waals surface area contributed by atoms with Gasteiger partial charge in [0, 0.05) is 6.08 Å². The molecule has 0 saturated heterocycles. The number of carbonyl (C=O) groups excluding carboxylic acids is 1. The van der Waals surface area contributed by atoms with E-state index in [1.54, 1.807) is 0 Å². The maximum absolute atomic E-state index is 11.3. The fourth-order valence-corrected chi connectivity index (χ4v) is 2.43. The molecule has 0 aliphatic rings. The number of unbranched alkanes of at least 4 members (excludes halogenated alkanes) is 8. The molecule has 0 aromatic carbocycles. The molecule has 0 amide bonds. The fraction of sp³-hybridized carbons (Fsp3) is 0.833. The zero-order valence-corrected chi connectivity index (χ0v) is 13.7. The SMILES string of the molecule is C=CC(=O)OC(CCCCC)CCCCCCCCC. The van der Waals surface area contributed by atoms with Gasteiger partial charge in [-0.1, -0.05) is 71.8 Å². The molecule has 0 N–H and O–H groups in total. The first-order valence-corrected chi connectivity index (χ1v) is 8.57. The van der Waals surface area contributed by atoms with E-state index in [1.807, 2.05) is 0 Å². The first-order chi connectivity index (χ1) is 9.74. The monoisotopic (exact) mass is 282 g/mol. The summed E-state index contributed by atoms with van der Waals surface area (Å²) in [6.07, 6.45) is 16.1. The highest BCUT2D eigenvalue weighted by atomic mass is 16.5. The molecule has 20 heavy (non-hydrogen) atoms. The van der Waals surface area contributed by atoms with Crippen LogP contribution >= 0.6 is 0 Å². The zero-order chi connectivity index (χ0) is 15.1. The Morgan fingerprint density at radius 2 is 1.35 bits per heavy atom. The average molecular weight is 282 g/mol. The second-order valence-electron chi connectivity index (χ2n) is 5.67. The zero-order valence-electron chi connectivity index (χ0n) is 13.7. The number of ether oxygens (including phenoxy) is 1. The van der Waals surface area contributed by atoms with Crippen LogP contribution in [0.2, 0.25) is 0 Å². The molecule has 2 nitrogen and oxygen atoms in total. The van der Waals surface area contributed by atoms with Gasteiger partial charge in [0.25, 0.3) is 0 Å². The molecule has 0 radical (unpaired) electrons. The summed E-state index contributed by atoms with van der Waals surface area (Å²) in [6.45, 7) is 7.91. The van der Waals surface area contributed by atoms with E-state index in [1.165, 1.54) is 63.9 Å². The minimum Gasteiger partial charge on any atom is -0.459 e. The van der Waals surface area contributed by atoms with Crippen molar-refractivity contribution in [3.8, 4) is 0 Å². The van der Waals surface area contributed by atoms with Crippen LogP contribution in [0.25, 0.3) is 0 Å². The van der Waals surface area contributed by atoms with Crippen molar-refractivity contribution in [3.05, 3.63) is 12.7 Å². The van der Waals surface area contributed by atoms with Gasteiger partial charge in [-0.05, 0) is 25.7 Å². The van der Waals surface area contributed by atoms with Crippen LogP contribution in [0.3, 0.4) is 0 Å². The van der Waals surface area contributed by atoms with Crippen LogP contribution in [-0.2, 0) is 9.53 Å². The van der Waals surface area contributed by atoms with Gasteiger partial charge in [0.15, 0.2) is 0 Å². The lowest BCUT2D eigenvalue weighted by Gasteiger charge is -2.16. The van der Waals surface area contributed by atoms with Crippen molar-refractivity contribution in [3.63, 3.8) is 0 Å². The normalized spacial score (nSPS) is 12.1. The molecule has 118 valence electrons. The molecule has 1 atom stereocenters. The topological polar surface area (TPSA) is 26.3 Å². The Kier molecular flexibility index (Phi) is 14.0. The van der Waals surface area contributed by atoms with Crippen LogP contribution in [0, 0.1) is 0 Å². The van der Waals surface area contributed by atoms with Gasteiger partial charge in [0.1, 0.15) is 6.10 Å². The molecular weight excluding hydrogens is 248 g/mol. The third-order valence-electron chi connectivity index (χ3n) is 3.71. The summed E-state index contributed by atoms with van der Waals surface area (Å²) in [5, 5.41) is 0. The average Bonchev–Trinajstić information content (AvgIpc) is 2.46. The van der Waals surface area contributed by atoms with E-state index in [9.17, 15) is 4.79 Å². The quantitative estimate of drug-likeness (QED) is 0.228. The van der Waals surface area contributed by atoms with Crippen LogP contribution < -0.4 is 0 Å². The Bertz CT molecular complexity index is 236. The molecule has 0 bridgehead atoms. The minimum atomic E-state index is -0.269. The lowest BCUT2D eigenvalue weighted by molar-refractivity contribution is -0.143. The van der Waals surface area contributed by atoms with Crippen LogP contribution in [-0.4, -0.2) is 12.1 Å². The number of carbonyl (C=O) groups is 1. The van der Waals surface area contributed by atoms with Crippen LogP contribution in [0.5, 0.6) is 0 Å². The van der Waals surface area contributed by atoms with Gasteiger partial charge < -0.3 is 4.74 Å². The molecule has 0 aliphatic heterocycles. The van der Waals surface area contributed by atoms with E-state index < -0.39 is 0 Å². The Labute approximate surface area is 126 Å². The van der Waals surface area contributed by atoms with Gasteiger partial charge in [0.2, 0.25) is 0 Å². The van der Waals surface area contributed by atoms with Gasteiger partial charge in [-0.15, -0.1) is 0 Å². The first kappa shape index (κ1) is 19.2. The first-order valence-electron chi connectivity index (χ1n) is 8.57. The summed E-state index contributed by atoms with van der Waals surface area (Å²) < 4.78 is 5.43. The van der Waals surface area contributed by atoms with Gasteiger partial charge in [-0.25, -0.2) is 4.79 Å². The predicted molar refractivity (Wildman–Crippen MR) is 86.8 cm³/mol. The van der Waals surface area contributed by atoms with E-state index in [-0.39, 0.29) is 12.1 Å². The van der Waals surface area contributed by atoms with Crippen molar-refractivity contribution in [2.45, 2.75) is 97.0 Å². The number of hydrogen-bond donors (Lipinski definition) is 0. The van der Waals surface area contributed by atoms with E-state index in [4.69, 9.17) is 4.74 Å². The van der Waals surface area contributed by atoms with Crippen molar-refractivity contribution < 1.29 is 9.53 Å². The Morgan fingerprint density at radius 1 is 0.900 bits per heavy atom. The van der Waals surface area contributed by atoms with Crippen LogP contribution in [0.1, 0.15) is 90.9 Å². The maximum Gasteiger partial charge on any atom is 0.330 e. The van der Waals surface area contributed by atoms with E-state index in [0.717, 1.165) is 19.3 Å². The van der Waals surface area contributed by atoms with Gasteiger partial charge in [-0.3, -0.25) is 0 Å². The summed E-state index contributed by atoms with van der Waals surface area (Å²) in [7, 11) is 0. The highest BCUT2D eigenvalue weighted by molar-refractivity contribution is 5.81. The van der Waals surface area contributed by atoms with E-state index in [0.29, 0.717) is 0 Å². The fourth-order valence-electron chi connectivity index (χ4n) is 2.43. The second kappa shape index (κ2) is 14.6. The predicted octanol–water partition coefficient (Wildman–Crippen LogP) is 5.81. The van der Waals surface area contributed by atoms with E-state index >= 15 is 0 Å². The Hall–Kier alpha value is -0.790. The summed E-state index contributed by atoms with van der Waals surface area (Å²) in [5.41, 5.74) is 0. The van der Waals surface area contributed by atoms with Crippen molar-refractivity contribution in [2.24, 2.45) is 0 Å². The molecule has 2 heteroatoms. The molecule has 0 fully saturated rings. The largest absolute Gasteiger partial charge is 0.459 e. The molecule has 0 spiro atoms. The smallest absolute Gasteiger partial charge is 0.330 e. The lowest BCUT2D eigenvalue weighted by Crippen LogP contribution is -2.16. The highest BCUT2D eigenvalue weighted by Crippen LogP contribution is 2.16. The lowest BCUT2D eigenvalue weighted by atomic mass is 10.0. The molecule has 0 aromatic heterocycles. The Morgan fingerprint density at radius 3 is 1.90 bits per heavy atom. The van der Waals surface area contributed by atoms with Gasteiger partial charge >= 0.3 is 5.97 Å². The summed E-state index contributed by atoms with van der Waals surface area (Å²) in [4.78, 5) is 11.3. The van der Waals surface area contributed by atoms with Crippen molar-refractivity contribution in [1.82, 2.24) is 0 Å². The maximum atomic E-state index is 11.3. The summed E-state index contributed by atoms with van der Waals surface area (Å²) in [6, 6.07) is 0. The molecule has 0 aliphatic carbocycles. The molecule has 0 saturated carbocycles. The Balaban J connectivity index is 3.72. The van der Waals surface area contributed by atoms with Gasteiger partial charge in [-0.2, -0.15) is 0 Å². The standard InChI is InChI=1S/C18H34O2/c1-4-7-9-10-11-12-14-16-17(15-13-8-5-2)20-18(19)6-3/h6,17H,3-5,7-16H2,1-2H3. The minimum absolute atomic E-state index is 0.0997. The molecule has 0 aromatic rings. The summed E-state index contributed by atoms with van der Waals surface area (Å²) >= 11 is 0.